The molecule has 2 aromatic carbocycles. The number of nitrogens with one attached hydrogen (secondary N) is 1. The van der Waals surface area contributed by atoms with Gasteiger partial charge < -0.3 is 5.32 Å². The molecule has 1 aliphatic carbocycles. The first-order chi connectivity index (χ1) is 11.3. The molecule has 1 N–H and O–H groups in total. The van der Waals surface area contributed by atoms with Crippen molar-refractivity contribution in [3.05, 3.63) is 83.8 Å². The lowest BCUT2D eigenvalue weighted by Crippen LogP contribution is -2.00. The van der Waals surface area contributed by atoms with Crippen molar-refractivity contribution in [2.45, 2.75) is 18.7 Å². The van der Waals surface area contributed by atoms with Crippen molar-refractivity contribution in [2.24, 2.45) is 0 Å². The first-order valence-corrected chi connectivity index (χ1v) is 8.77. The Bertz CT molecular complexity index is 804. The minimum atomic E-state index is -1.20. The van der Waals surface area contributed by atoms with E-state index in [1.54, 1.807) is 0 Å². The molecule has 0 saturated carbocycles. The highest BCUT2D eigenvalue weighted by Crippen LogP contribution is 2.30. The zero-order valence-electron chi connectivity index (χ0n) is 13.0. The molecule has 0 spiro atoms. The average Bonchev–Trinajstić information content (AvgIpc) is 2.90. The molecular formula is C21H23NOS. The van der Waals surface area contributed by atoms with Crippen molar-refractivity contribution in [2.75, 3.05) is 12.4 Å². The molecular weight excluding hydrogens is 314 g/mol. The SMILES string of the molecule is C.CNc1cc(-c2ccccc2)ccc1S(=O)C1=CC=CCC=C1. The van der Waals surface area contributed by atoms with E-state index in [4.69, 9.17) is 0 Å². The summed E-state index contributed by atoms with van der Waals surface area (Å²) in [6, 6.07) is 16.2. The quantitative estimate of drug-likeness (QED) is 0.793. The van der Waals surface area contributed by atoms with Crippen molar-refractivity contribution in [3.8, 4) is 11.1 Å². The van der Waals surface area contributed by atoms with Crippen molar-refractivity contribution < 1.29 is 4.21 Å². The van der Waals surface area contributed by atoms with Gasteiger partial charge in [-0.2, -0.15) is 0 Å². The highest BCUT2D eigenvalue weighted by Gasteiger charge is 2.13. The van der Waals surface area contributed by atoms with E-state index in [0.29, 0.717) is 0 Å². The first-order valence-electron chi connectivity index (χ1n) is 7.62. The van der Waals surface area contributed by atoms with E-state index >= 15 is 0 Å². The van der Waals surface area contributed by atoms with E-state index in [1.165, 1.54) is 0 Å². The summed E-state index contributed by atoms with van der Waals surface area (Å²) in [7, 11) is 0.667. The fraction of sp³-hybridized carbons (Fsp3) is 0.143. The van der Waals surface area contributed by atoms with Gasteiger partial charge in [0.05, 0.1) is 21.4 Å². The first kappa shape index (κ1) is 18.0. The number of benzene rings is 2. The third kappa shape index (κ3) is 3.92. The molecule has 0 aromatic heterocycles. The monoisotopic (exact) mass is 337 g/mol. The summed E-state index contributed by atoms with van der Waals surface area (Å²) in [6.07, 6.45) is 10.8. The van der Waals surface area contributed by atoms with Gasteiger partial charge in [0.25, 0.3) is 0 Å². The van der Waals surface area contributed by atoms with Crippen LogP contribution >= 0.6 is 0 Å². The minimum absolute atomic E-state index is 0. The van der Waals surface area contributed by atoms with Crippen LogP contribution in [0.25, 0.3) is 11.1 Å². The summed E-state index contributed by atoms with van der Waals surface area (Å²) in [5, 5.41) is 3.18. The van der Waals surface area contributed by atoms with Gasteiger partial charge in [-0.25, -0.2) is 4.21 Å². The summed E-state index contributed by atoms with van der Waals surface area (Å²) in [5.41, 5.74) is 3.16. The van der Waals surface area contributed by atoms with E-state index in [0.717, 1.165) is 33.0 Å². The highest BCUT2D eigenvalue weighted by molar-refractivity contribution is 7.89. The maximum atomic E-state index is 12.9. The van der Waals surface area contributed by atoms with Gasteiger partial charge in [0.2, 0.25) is 0 Å². The zero-order valence-corrected chi connectivity index (χ0v) is 13.8. The minimum Gasteiger partial charge on any atom is -0.387 e. The van der Waals surface area contributed by atoms with Crippen LogP contribution < -0.4 is 5.32 Å². The molecule has 1 aliphatic rings. The van der Waals surface area contributed by atoms with Gasteiger partial charge in [-0.1, -0.05) is 62.1 Å². The zero-order chi connectivity index (χ0) is 16.1. The van der Waals surface area contributed by atoms with Crippen molar-refractivity contribution in [1.29, 1.82) is 0 Å². The molecule has 0 amide bonds. The number of rotatable bonds is 4. The van der Waals surface area contributed by atoms with Gasteiger partial charge in [0, 0.05) is 12.0 Å². The molecule has 3 rings (SSSR count). The molecule has 124 valence electrons. The number of hydrogen-bond acceptors (Lipinski definition) is 2. The van der Waals surface area contributed by atoms with E-state index in [2.05, 4.69) is 29.6 Å². The van der Waals surface area contributed by atoms with Crippen LogP contribution in [0.1, 0.15) is 13.8 Å². The van der Waals surface area contributed by atoms with Crippen LogP contribution in [0.4, 0.5) is 5.69 Å². The second-order valence-corrected chi connectivity index (χ2v) is 6.68. The smallest absolute Gasteiger partial charge is 0.0870 e. The lowest BCUT2D eigenvalue weighted by molar-refractivity contribution is 0.687. The van der Waals surface area contributed by atoms with Crippen LogP contribution in [0.2, 0.25) is 0 Å². The number of anilines is 1. The molecule has 1 atom stereocenters. The van der Waals surface area contributed by atoms with Crippen molar-refractivity contribution in [3.63, 3.8) is 0 Å². The highest BCUT2D eigenvalue weighted by atomic mass is 32.2. The van der Waals surface area contributed by atoms with E-state index in [1.807, 2.05) is 61.7 Å². The maximum Gasteiger partial charge on any atom is 0.0870 e. The van der Waals surface area contributed by atoms with Crippen LogP contribution in [-0.2, 0) is 10.8 Å². The Morgan fingerprint density at radius 1 is 1.00 bits per heavy atom. The van der Waals surface area contributed by atoms with Gasteiger partial charge in [-0.3, -0.25) is 0 Å². The standard InChI is InChI=1S/C20H19NOS.CH4/c1-21-19-15-17(16-9-5-4-6-10-16)13-14-20(19)23(22)18-11-7-2-3-8-12-18;/h2,4-15,21H,3H2,1H3;1H4. The molecule has 2 nitrogen and oxygen atoms in total. The Morgan fingerprint density at radius 2 is 1.79 bits per heavy atom. The van der Waals surface area contributed by atoms with Gasteiger partial charge in [0.15, 0.2) is 0 Å². The van der Waals surface area contributed by atoms with Gasteiger partial charge in [-0.15, -0.1) is 0 Å². The summed E-state index contributed by atoms with van der Waals surface area (Å²) in [6.45, 7) is 0. The number of hydrogen-bond donors (Lipinski definition) is 1. The molecule has 1 unspecified atom stereocenters. The molecule has 24 heavy (non-hydrogen) atoms. The largest absolute Gasteiger partial charge is 0.387 e. The van der Waals surface area contributed by atoms with Crippen molar-refractivity contribution >= 4 is 16.5 Å². The average molecular weight is 337 g/mol. The van der Waals surface area contributed by atoms with Gasteiger partial charge in [-0.05, 0) is 41.8 Å². The van der Waals surface area contributed by atoms with Crippen LogP contribution in [0, 0.1) is 0 Å². The van der Waals surface area contributed by atoms with Crippen LogP contribution in [0.3, 0.4) is 0 Å². The van der Waals surface area contributed by atoms with E-state index in [-0.39, 0.29) is 7.43 Å². The number of allylic oxidation sites excluding steroid dienone is 5. The lowest BCUT2D eigenvalue weighted by atomic mass is 10.1. The summed E-state index contributed by atoms with van der Waals surface area (Å²) < 4.78 is 12.9. The van der Waals surface area contributed by atoms with E-state index < -0.39 is 10.8 Å². The van der Waals surface area contributed by atoms with Crippen LogP contribution in [-0.4, -0.2) is 11.3 Å². The van der Waals surface area contributed by atoms with Crippen molar-refractivity contribution in [1.82, 2.24) is 0 Å². The second kappa shape index (κ2) is 8.46. The molecule has 0 bridgehead atoms. The summed E-state index contributed by atoms with van der Waals surface area (Å²) >= 11 is 0. The molecule has 0 fully saturated rings. The third-order valence-electron chi connectivity index (χ3n) is 3.72. The predicted octanol–water partition coefficient (Wildman–Crippen LogP) is 5.54. The lowest BCUT2D eigenvalue weighted by Gasteiger charge is -2.12. The molecule has 2 aromatic rings. The summed E-state index contributed by atoms with van der Waals surface area (Å²) in [4.78, 5) is 1.63. The van der Waals surface area contributed by atoms with Gasteiger partial charge in [0.1, 0.15) is 0 Å². The summed E-state index contributed by atoms with van der Waals surface area (Å²) in [5.74, 6) is 0. The molecule has 0 radical (unpaired) electrons. The normalized spacial score (nSPS) is 14.3. The Balaban J connectivity index is 0.00000208. The van der Waals surface area contributed by atoms with Crippen LogP contribution in [0.15, 0.2) is 88.7 Å². The fourth-order valence-electron chi connectivity index (χ4n) is 2.51. The Labute approximate surface area is 147 Å². The van der Waals surface area contributed by atoms with Crippen LogP contribution in [0.5, 0.6) is 0 Å². The Morgan fingerprint density at radius 3 is 2.54 bits per heavy atom. The topological polar surface area (TPSA) is 29.1 Å². The predicted molar refractivity (Wildman–Crippen MR) is 106 cm³/mol. The molecule has 0 heterocycles. The molecule has 0 saturated heterocycles. The third-order valence-corrected chi connectivity index (χ3v) is 5.18. The Hall–Kier alpha value is -2.39. The second-order valence-electron chi connectivity index (χ2n) is 5.23. The van der Waals surface area contributed by atoms with Gasteiger partial charge >= 0.3 is 0 Å². The molecule has 0 aliphatic heterocycles. The maximum absolute atomic E-state index is 12.9. The fourth-order valence-corrected chi connectivity index (χ4v) is 3.74. The van der Waals surface area contributed by atoms with E-state index in [9.17, 15) is 4.21 Å². The molecule has 3 heteroatoms. The Kier molecular flexibility index (Phi) is 6.33.